The van der Waals surface area contributed by atoms with E-state index in [-0.39, 0.29) is 17.9 Å². The van der Waals surface area contributed by atoms with Gasteiger partial charge in [-0.25, -0.2) is 0 Å². The Kier molecular flexibility index (Phi) is 10.9. The number of nitrogens with zero attached hydrogens (tertiary/aromatic N) is 2. The molecule has 28 heavy (non-hydrogen) atoms. The molecule has 0 aromatic rings. The molecule has 1 aliphatic rings. The highest BCUT2D eigenvalue weighted by atomic mass is 16.6. The lowest BCUT2D eigenvalue weighted by Gasteiger charge is -2.19. The fourth-order valence-corrected chi connectivity index (χ4v) is 3.16. The number of ether oxygens (including phenoxy) is 1. The number of likely N-dealkylation sites (tertiary alicyclic amines) is 1. The number of carbonyl (C=O) groups is 2. The summed E-state index contributed by atoms with van der Waals surface area (Å²) >= 11 is 0. The van der Waals surface area contributed by atoms with Crippen molar-refractivity contribution in [2.24, 2.45) is 4.99 Å². The molecule has 162 valence electrons. The van der Waals surface area contributed by atoms with Crippen LogP contribution in [0.25, 0.3) is 0 Å². The van der Waals surface area contributed by atoms with Gasteiger partial charge in [0.2, 0.25) is 5.91 Å². The van der Waals surface area contributed by atoms with E-state index in [1.165, 1.54) is 0 Å². The number of carbonyl (C=O) groups excluding carboxylic acids is 2. The zero-order chi connectivity index (χ0) is 21.0. The van der Waals surface area contributed by atoms with Crippen LogP contribution in [0.3, 0.4) is 0 Å². The number of nitrogens with one attached hydrogen (secondary N) is 2. The molecule has 1 saturated heterocycles. The highest BCUT2D eigenvalue weighted by Crippen LogP contribution is 2.12. The summed E-state index contributed by atoms with van der Waals surface area (Å²) in [6, 6.07) is 0.266. The van der Waals surface area contributed by atoms with Crippen molar-refractivity contribution in [2.45, 2.75) is 91.2 Å². The number of amides is 1. The summed E-state index contributed by atoms with van der Waals surface area (Å²) in [5.41, 5.74) is -0.401. The molecule has 1 fully saturated rings. The van der Waals surface area contributed by atoms with Gasteiger partial charge in [0.15, 0.2) is 5.96 Å². The fraction of sp³-hybridized carbons (Fsp3) is 0.857. The zero-order valence-corrected chi connectivity index (χ0v) is 18.5. The van der Waals surface area contributed by atoms with Crippen LogP contribution in [-0.4, -0.2) is 60.6 Å². The van der Waals surface area contributed by atoms with Crippen molar-refractivity contribution >= 4 is 17.8 Å². The van der Waals surface area contributed by atoms with Crippen LogP contribution < -0.4 is 10.6 Å². The highest BCUT2D eigenvalue weighted by molar-refractivity contribution is 5.80. The Bertz CT molecular complexity index is 514. The molecule has 0 aromatic carbocycles. The Labute approximate surface area is 170 Å². The molecule has 0 aliphatic carbocycles. The number of unbranched alkanes of at least 4 members (excludes halogenated alkanes) is 3. The van der Waals surface area contributed by atoms with E-state index in [1.807, 2.05) is 32.6 Å². The van der Waals surface area contributed by atoms with Gasteiger partial charge in [-0.05, 0) is 47.0 Å². The van der Waals surface area contributed by atoms with Gasteiger partial charge in [0, 0.05) is 45.1 Å². The fourth-order valence-electron chi connectivity index (χ4n) is 3.16. The number of rotatable bonds is 10. The number of guanidine groups is 1. The third kappa shape index (κ3) is 10.5. The first-order valence-electron chi connectivity index (χ1n) is 10.8. The standard InChI is InChI=1S/C21H40N4O3/c1-6-18(26)25-15-13-17(16-25)24-20(22-7-2)23-14-11-9-8-10-12-19(27)28-21(3,4)5/h17H,6-16H2,1-5H3,(H2,22,23,24). The van der Waals surface area contributed by atoms with Crippen LogP contribution in [0.4, 0.5) is 0 Å². The second-order valence-electron chi connectivity index (χ2n) is 8.33. The summed E-state index contributed by atoms with van der Waals surface area (Å²) in [6.45, 7) is 12.8. The van der Waals surface area contributed by atoms with Crippen LogP contribution in [-0.2, 0) is 14.3 Å². The minimum Gasteiger partial charge on any atom is -0.460 e. The summed E-state index contributed by atoms with van der Waals surface area (Å²) in [4.78, 5) is 30.0. The van der Waals surface area contributed by atoms with Crippen molar-refractivity contribution < 1.29 is 14.3 Å². The van der Waals surface area contributed by atoms with E-state index >= 15 is 0 Å². The van der Waals surface area contributed by atoms with Crippen LogP contribution in [0.2, 0.25) is 0 Å². The van der Waals surface area contributed by atoms with E-state index in [1.54, 1.807) is 0 Å². The SMILES string of the molecule is CCNC(=NCCCCCCC(=O)OC(C)(C)C)NC1CCN(C(=O)CC)C1. The molecule has 7 nitrogen and oxygen atoms in total. The first kappa shape index (κ1) is 24.2. The maximum Gasteiger partial charge on any atom is 0.306 e. The van der Waals surface area contributed by atoms with Crippen LogP contribution in [0.15, 0.2) is 4.99 Å². The van der Waals surface area contributed by atoms with Crippen molar-refractivity contribution in [1.29, 1.82) is 0 Å². The second kappa shape index (κ2) is 12.6. The van der Waals surface area contributed by atoms with Crippen molar-refractivity contribution in [3.8, 4) is 0 Å². The molecule has 0 saturated carbocycles. The van der Waals surface area contributed by atoms with Crippen LogP contribution in [0.1, 0.15) is 79.6 Å². The van der Waals surface area contributed by atoms with Gasteiger partial charge in [-0.3, -0.25) is 14.6 Å². The molecule has 1 heterocycles. The van der Waals surface area contributed by atoms with Gasteiger partial charge in [0.25, 0.3) is 0 Å². The van der Waals surface area contributed by atoms with E-state index in [0.29, 0.717) is 12.8 Å². The molecule has 0 bridgehead atoms. The quantitative estimate of drug-likeness (QED) is 0.257. The van der Waals surface area contributed by atoms with Crippen LogP contribution in [0, 0.1) is 0 Å². The van der Waals surface area contributed by atoms with Crippen LogP contribution >= 0.6 is 0 Å². The normalized spacial score (nSPS) is 17.5. The maximum atomic E-state index is 11.8. The maximum absolute atomic E-state index is 11.8. The topological polar surface area (TPSA) is 83.0 Å². The molecule has 1 rings (SSSR count). The van der Waals surface area contributed by atoms with E-state index < -0.39 is 5.60 Å². The van der Waals surface area contributed by atoms with Gasteiger partial charge in [-0.15, -0.1) is 0 Å². The first-order chi connectivity index (χ1) is 13.2. The molecule has 0 spiro atoms. The van der Waals surface area contributed by atoms with Crippen molar-refractivity contribution in [3.05, 3.63) is 0 Å². The predicted octanol–water partition coefficient (Wildman–Crippen LogP) is 2.84. The Morgan fingerprint density at radius 2 is 1.86 bits per heavy atom. The predicted molar refractivity (Wildman–Crippen MR) is 113 cm³/mol. The Morgan fingerprint density at radius 1 is 1.14 bits per heavy atom. The van der Waals surface area contributed by atoms with Crippen molar-refractivity contribution in [3.63, 3.8) is 0 Å². The van der Waals surface area contributed by atoms with E-state index in [2.05, 4.69) is 22.5 Å². The molecular formula is C21H40N4O3. The zero-order valence-electron chi connectivity index (χ0n) is 18.5. The average Bonchev–Trinajstić information content (AvgIpc) is 3.07. The van der Waals surface area contributed by atoms with E-state index in [0.717, 1.165) is 64.2 Å². The third-order valence-electron chi connectivity index (χ3n) is 4.51. The summed E-state index contributed by atoms with van der Waals surface area (Å²) in [7, 11) is 0. The number of esters is 1. The summed E-state index contributed by atoms with van der Waals surface area (Å²) in [6.07, 6.45) is 5.93. The molecule has 1 aliphatic heterocycles. The average molecular weight is 397 g/mol. The van der Waals surface area contributed by atoms with E-state index in [4.69, 9.17) is 4.74 Å². The largest absolute Gasteiger partial charge is 0.460 e. The summed E-state index contributed by atoms with van der Waals surface area (Å²) in [5, 5.41) is 6.73. The monoisotopic (exact) mass is 396 g/mol. The van der Waals surface area contributed by atoms with Gasteiger partial charge >= 0.3 is 5.97 Å². The lowest BCUT2D eigenvalue weighted by molar-refractivity contribution is -0.154. The summed E-state index contributed by atoms with van der Waals surface area (Å²) in [5.74, 6) is 0.931. The molecule has 2 N–H and O–H groups in total. The van der Waals surface area contributed by atoms with Gasteiger partial charge in [-0.2, -0.15) is 0 Å². The first-order valence-corrected chi connectivity index (χ1v) is 10.8. The Morgan fingerprint density at radius 3 is 2.50 bits per heavy atom. The van der Waals surface area contributed by atoms with Gasteiger partial charge in [0.1, 0.15) is 5.60 Å². The molecule has 1 unspecified atom stereocenters. The smallest absolute Gasteiger partial charge is 0.306 e. The van der Waals surface area contributed by atoms with Crippen molar-refractivity contribution in [2.75, 3.05) is 26.2 Å². The second-order valence-corrected chi connectivity index (χ2v) is 8.33. The number of hydrogen-bond donors (Lipinski definition) is 2. The van der Waals surface area contributed by atoms with Gasteiger partial charge < -0.3 is 20.3 Å². The Balaban J connectivity index is 2.23. The molecule has 1 amide bonds. The molecule has 0 aromatic heterocycles. The third-order valence-corrected chi connectivity index (χ3v) is 4.51. The van der Waals surface area contributed by atoms with Gasteiger partial charge in [-0.1, -0.05) is 19.8 Å². The highest BCUT2D eigenvalue weighted by Gasteiger charge is 2.25. The van der Waals surface area contributed by atoms with Crippen molar-refractivity contribution in [1.82, 2.24) is 15.5 Å². The summed E-state index contributed by atoms with van der Waals surface area (Å²) < 4.78 is 5.31. The molecule has 0 radical (unpaired) electrons. The van der Waals surface area contributed by atoms with Gasteiger partial charge in [0.05, 0.1) is 0 Å². The van der Waals surface area contributed by atoms with E-state index in [9.17, 15) is 9.59 Å². The lowest BCUT2D eigenvalue weighted by Crippen LogP contribution is -2.45. The minimum absolute atomic E-state index is 0.115. The molecule has 1 atom stereocenters. The van der Waals surface area contributed by atoms with Crippen LogP contribution in [0.5, 0.6) is 0 Å². The number of aliphatic imine (C=N–C) groups is 1. The lowest BCUT2D eigenvalue weighted by atomic mass is 10.1. The number of hydrogen-bond acceptors (Lipinski definition) is 4. The molecular weight excluding hydrogens is 356 g/mol. The minimum atomic E-state index is -0.401. The molecule has 7 heteroatoms. The Hall–Kier alpha value is -1.79.